The Morgan fingerprint density at radius 2 is 1.69 bits per heavy atom. The molecule has 0 aliphatic carbocycles. The van der Waals surface area contributed by atoms with Gasteiger partial charge in [0.25, 0.3) is 15.6 Å². The normalized spacial score (nSPS) is 24.8. The van der Waals surface area contributed by atoms with Gasteiger partial charge in [-0.05, 0) is 70.4 Å². The van der Waals surface area contributed by atoms with Gasteiger partial charge in [-0.1, -0.05) is 17.7 Å². The first-order valence-electron chi connectivity index (χ1n) is 11.6. The number of benzene rings is 1. The Bertz CT molecular complexity index is 1150. The third-order valence-corrected chi connectivity index (χ3v) is 8.78. The van der Waals surface area contributed by atoms with Crippen molar-refractivity contribution in [3.8, 4) is 0 Å². The maximum atomic E-state index is 13.1. The topological polar surface area (TPSA) is 74.6 Å². The van der Waals surface area contributed by atoms with E-state index < -0.39 is 10.0 Å². The van der Waals surface area contributed by atoms with E-state index in [0.29, 0.717) is 24.2 Å². The van der Waals surface area contributed by atoms with E-state index >= 15 is 0 Å². The van der Waals surface area contributed by atoms with Crippen LogP contribution in [0.5, 0.6) is 0 Å². The van der Waals surface area contributed by atoms with Crippen LogP contribution in [0.2, 0.25) is 0 Å². The minimum atomic E-state index is -3.73. The number of nitrogens with zero attached hydrogens (tertiary/aromatic N) is 3. The van der Waals surface area contributed by atoms with Gasteiger partial charge < -0.3 is 9.47 Å². The highest BCUT2D eigenvalue weighted by Gasteiger charge is 2.39. The van der Waals surface area contributed by atoms with E-state index in [1.54, 1.807) is 30.3 Å². The monoisotopic (exact) mass is 456 g/mol. The fourth-order valence-electron chi connectivity index (χ4n) is 5.72. The molecule has 2 fully saturated rings. The second kappa shape index (κ2) is 8.32. The van der Waals surface area contributed by atoms with Crippen LogP contribution in [0.1, 0.15) is 36.4 Å². The van der Waals surface area contributed by atoms with Gasteiger partial charge in [0, 0.05) is 43.4 Å². The molecule has 2 atom stereocenters. The zero-order chi connectivity index (χ0) is 22.5. The standard InChI is InChI=1S/C24H32N4O3S/c1-17-3-5-21(6-4-17)32(30,31)25-22-7-8-23(29)28-15-18-13-19(24(22)28)16-27(14-18)20-9-11-26(2)12-10-20/h3-8,18-20,25H,9-16H2,1-2H3/t18-,19-/m0/s1. The summed E-state index contributed by atoms with van der Waals surface area (Å²) >= 11 is 0. The van der Waals surface area contributed by atoms with E-state index in [2.05, 4.69) is 21.6 Å². The van der Waals surface area contributed by atoms with Crippen LogP contribution in [0.25, 0.3) is 0 Å². The molecule has 2 bridgehead atoms. The molecule has 0 amide bonds. The Labute approximate surface area is 190 Å². The number of likely N-dealkylation sites (tertiary alicyclic amines) is 2. The minimum absolute atomic E-state index is 0.0410. The van der Waals surface area contributed by atoms with Gasteiger partial charge in [0.05, 0.1) is 10.6 Å². The summed E-state index contributed by atoms with van der Waals surface area (Å²) in [7, 11) is -1.55. The van der Waals surface area contributed by atoms with Crippen molar-refractivity contribution in [3.05, 3.63) is 58.0 Å². The number of hydrogen-bond donors (Lipinski definition) is 1. The zero-order valence-corrected chi connectivity index (χ0v) is 19.6. The largest absolute Gasteiger partial charge is 0.310 e. The third kappa shape index (κ3) is 4.11. The first-order valence-corrected chi connectivity index (χ1v) is 13.0. The molecular formula is C24H32N4O3S. The summed E-state index contributed by atoms with van der Waals surface area (Å²) in [5, 5.41) is 0. The van der Waals surface area contributed by atoms with Gasteiger partial charge >= 0.3 is 0 Å². The molecule has 1 aromatic carbocycles. The van der Waals surface area contributed by atoms with Crippen LogP contribution in [0.4, 0.5) is 5.69 Å². The molecule has 0 spiro atoms. The number of sulfonamides is 1. The number of anilines is 1. The van der Waals surface area contributed by atoms with Crippen LogP contribution in [0.3, 0.4) is 0 Å². The summed E-state index contributed by atoms with van der Waals surface area (Å²) in [5.41, 5.74) is 2.36. The lowest BCUT2D eigenvalue weighted by Gasteiger charge is -2.47. The summed E-state index contributed by atoms with van der Waals surface area (Å²) < 4.78 is 30.8. The van der Waals surface area contributed by atoms with E-state index in [-0.39, 0.29) is 16.4 Å². The SMILES string of the molecule is Cc1ccc(S(=O)(=O)Nc2ccc(=O)n3c2[C@H]2C[C@@H](CN(C4CCN(C)CC4)C2)C3)cc1. The summed E-state index contributed by atoms with van der Waals surface area (Å²) in [6.45, 7) is 6.74. The van der Waals surface area contributed by atoms with Crippen LogP contribution in [0, 0.1) is 12.8 Å². The van der Waals surface area contributed by atoms with E-state index in [1.807, 2.05) is 11.5 Å². The maximum Gasteiger partial charge on any atom is 0.261 e. The van der Waals surface area contributed by atoms with Crippen LogP contribution >= 0.6 is 0 Å². The molecule has 1 aromatic heterocycles. The molecule has 2 saturated heterocycles. The van der Waals surface area contributed by atoms with Crippen molar-refractivity contribution in [3.63, 3.8) is 0 Å². The molecule has 32 heavy (non-hydrogen) atoms. The number of rotatable bonds is 4. The fourth-order valence-corrected chi connectivity index (χ4v) is 6.79. The maximum absolute atomic E-state index is 13.1. The highest BCUT2D eigenvalue weighted by molar-refractivity contribution is 7.92. The average Bonchev–Trinajstić information content (AvgIpc) is 2.76. The highest BCUT2D eigenvalue weighted by Crippen LogP contribution is 2.40. The van der Waals surface area contributed by atoms with Crippen LogP contribution in [0.15, 0.2) is 46.1 Å². The van der Waals surface area contributed by atoms with Crippen molar-refractivity contribution in [2.24, 2.45) is 5.92 Å². The van der Waals surface area contributed by atoms with Gasteiger partial charge in [0.1, 0.15) is 0 Å². The number of nitrogens with one attached hydrogen (secondary N) is 1. The Hall–Kier alpha value is -2.16. The zero-order valence-electron chi connectivity index (χ0n) is 18.8. The van der Waals surface area contributed by atoms with Gasteiger partial charge in [-0.15, -0.1) is 0 Å². The molecule has 2 aromatic rings. The summed E-state index contributed by atoms with van der Waals surface area (Å²) in [4.78, 5) is 17.9. The number of piperidine rings is 2. The second-order valence-corrected chi connectivity index (χ2v) is 11.5. The molecule has 5 rings (SSSR count). The quantitative estimate of drug-likeness (QED) is 0.765. The van der Waals surface area contributed by atoms with Crippen LogP contribution in [-0.2, 0) is 16.6 Å². The van der Waals surface area contributed by atoms with Gasteiger partial charge in [-0.25, -0.2) is 8.42 Å². The van der Waals surface area contributed by atoms with Gasteiger partial charge in [0.2, 0.25) is 0 Å². The predicted molar refractivity (Wildman–Crippen MR) is 126 cm³/mol. The van der Waals surface area contributed by atoms with Gasteiger partial charge in [-0.3, -0.25) is 14.4 Å². The van der Waals surface area contributed by atoms with Crippen molar-refractivity contribution < 1.29 is 8.42 Å². The Morgan fingerprint density at radius 1 is 0.969 bits per heavy atom. The van der Waals surface area contributed by atoms with E-state index in [0.717, 1.165) is 43.9 Å². The first kappa shape index (κ1) is 21.7. The van der Waals surface area contributed by atoms with E-state index in [9.17, 15) is 13.2 Å². The first-order chi connectivity index (χ1) is 15.3. The minimum Gasteiger partial charge on any atom is -0.310 e. The molecule has 7 nitrogen and oxygen atoms in total. The van der Waals surface area contributed by atoms with Gasteiger partial charge in [-0.2, -0.15) is 0 Å². The number of hydrogen-bond acceptors (Lipinski definition) is 5. The predicted octanol–water partition coefficient (Wildman–Crippen LogP) is 2.47. The molecule has 8 heteroatoms. The van der Waals surface area contributed by atoms with Crippen molar-refractivity contribution in [1.82, 2.24) is 14.4 Å². The Balaban J connectivity index is 1.45. The average molecular weight is 457 g/mol. The second-order valence-electron chi connectivity index (χ2n) is 9.79. The van der Waals surface area contributed by atoms with E-state index in [4.69, 9.17) is 0 Å². The summed E-state index contributed by atoms with van der Waals surface area (Å²) in [6.07, 6.45) is 3.35. The molecule has 3 aliphatic heterocycles. The molecule has 4 heterocycles. The Kier molecular flexibility index (Phi) is 5.63. The molecule has 0 unspecified atom stereocenters. The summed E-state index contributed by atoms with van der Waals surface area (Å²) in [6, 6.07) is 10.6. The molecule has 1 N–H and O–H groups in total. The molecule has 3 aliphatic rings. The highest BCUT2D eigenvalue weighted by atomic mass is 32.2. The molecule has 172 valence electrons. The third-order valence-electron chi connectivity index (χ3n) is 7.40. The molecule has 0 radical (unpaired) electrons. The number of fused-ring (bicyclic) bond motifs is 4. The number of aryl methyl sites for hydroxylation is 1. The summed E-state index contributed by atoms with van der Waals surface area (Å²) in [5.74, 6) is 0.592. The van der Waals surface area contributed by atoms with E-state index in [1.165, 1.54) is 18.9 Å². The lowest BCUT2D eigenvalue weighted by molar-refractivity contribution is 0.0519. The smallest absolute Gasteiger partial charge is 0.261 e. The van der Waals surface area contributed by atoms with Crippen molar-refractivity contribution in [1.29, 1.82) is 0 Å². The Morgan fingerprint density at radius 3 is 2.41 bits per heavy atom. The number of pyridine rings is 1. The van der Waals surface area contributed by atoms with Gasteiger partial charge in [0.15, 0.2) is 0 Å². The van der Waals surface area contributed by atoms with Crippen molar-refractivity contribution in [2.45, 2.75) is 49.6 Å². The fraction of sp³-hybridized carbons (Fsp3) is 0.542. The van der Waals surface area contributed by atoms with Crippen LogP contribution < -0.4 is 10.3 Å². The van der Waals surface area contributed by atoms with Crippen molar-refractivity contribution in [2.75, 3.05) is 37.9 Å². The molecule has 0 saturated carbocycles. The lowest BCUT2D eigenvalue weighted by atomic mass is 9.81. The lowest BCUT2D eigenvalue weighted by Crippen LogP contribution is -2.53. The molecular weight excluding hydrogens is 424 g/mol. The van der Waals surface area contributed by atoms with Crippen molar-refractivity contribution >= 4 is 15.7 Å². The number of aromatic nitrogens is 1. The van der Waals surface area contributed by atoms with Crippen LogP contribution in [-0.4, -0.2) is 62.1 Å².